The van der Waals surface area contributed by atoms with Gasteiger partial charge in [0.05, 0.1) is 17.4 Å². The minimum Gasteiger partial charge on any atom is -0.348 e. The van der Waals surface area contributed by atoms with E-state index in [0.717, 1.165) is 27.4 Å². The van der Waals surface area contributed by atoms with E-state index in [1.165, 1.54) is 0 Å². The molecule has 0 radical (unpaired) electrons. The predicted octanol–water partition coefficient (Wildman–Crippen LogP) is 3.45. The highest BCUT2D eigenvalue weighted by atomic mass is 79.9. The Morgan fingerprint density at radius 2 is 1.96 bits per heavy atom. The van der Waals surface area contributed by atoms with Gasteiger partial charge in [0.15, 0.2) is 0 Å². The second-order valence-corrected chi connectivity index (χ2v) is 7.12. The number of nitrogens with one attached hydrogen (secondary N) is 1. The Balaban J connectivity index is 1.44. The molecule has 0 aliphatic carbocycles. The van der Waals surface area contributed by atoms with Crippen LogP contribution in [0.5, 0.6) is 0 Å². The molecule has 8 heteroatoms. The number of aryl methyl sites for hydroxylation is 1. The summed E-state index contributed by atoms with van der Waals surface area (Å²) in [5.41, 5.74) is 2.34. The molecule has 140 valence electrons. The van der Waals surface area contributed by atoms with Crippen LogP contribution in [0.4, 0.5) is 0 Å². The molecule has 7 nitrogen and oxygen atoms in total. The normalized spacial score (nSPS) is 10.8. The number of imidazole rings is 1. The van der Waals surface area contributed by atoms with E-state index in [1.54, 1.807) is 29.5 Å². The van der Waals surface area contributed by atoms with Crippen molar-refractivity contribution < 1.29 is 4.79 Å². The van der Waals surface area contributed by atoms with Crippen LogP contribution in [0.25, 0.3) is 11.5 Å². The average Bonchev–Trinajstić information content (AvgIpc) is 3.36. The summed E-state index contributed by atoms with van der Waals surface area (Å²) in [4.78, 5) is 21.1. The topological polar surface area (TPSA) is 77.6 Å². The van der Waals surface area contributed by atoms with E-state index in [2.05, 4.69) is 36.3 Å². The first-order valence-corrected chi connectivity index (χ1v) is 9.43. The lowest BCUT2D eigenvalue weighted by molar-refractivity contribution is 0.0951. The minimum atomic E-state index is -0.180. The molecule has 0 aliphatic rings. The summed E-state index contributed by atoms with van der Waals surface area (Å²) >= 11 is 3.41. The van der Waals surface area contributed by atoms with Crippen molar-refractivity contribution in [2.45, 2.75) is 13.5 Å². The highest BCUT2D eigenvalue weighted by Crippen LogP contribution is 2.14. The first kappa shape index (κ1) is 18.1. The van der Waals surface area contributed by atoms with Crippen molar-refractivity contribution in [2.75, 3.05) is 0 Å². The monoisotopic (exact) mass is 436 g/mol. The third-order valence-electron chi connectivity index (χ3n) is 4.27. The van der Waals surface area contributed by atoms with E-state index in [-0.39, 0.29) is 5.91 Å². The van der Waals surface area contributed by atoms with E-state index in [9.17, 15) is 4.79 Å². The summed E-state index contributed by atoms with van der Waals surface area (Å²) in [6, 6.07) is 11.5. The number of nitrogens with zero attached hydrogens (tertiary/aromatic N) is 5. The Kier molecular flexibility index (Phi) is 5.03. The van der Waals surface area contributed by atoms with Gasteiger partial charge in [-0.15, -0.1) is 0 Å². The van der Waals surface area contributed by atoms with Crippen LogP contribution < -0.4 is 5.32 Å². The lowest BCUT2D eigenvalue weighted by Crippen LogP contribution is -2.22. The Morgan fingerprint density at radius 1 is 1.14 bits per heavy atom. The molecule has 3 aromatic heterocycles. The highest BCUT2D eigenvalue weighted by molar-refractivity contribution is 9.10. The van der Waals surface area contributed by atoms with Crippen molar-refractivity contribution in [2.24, 2.45) is 0 Å². The van der Waals surface area contributed by atoms with Crippen molar-refractivity contribution in [1.29, 1.82) is 0 Å². The fourth-order valence-electron chi connectivity index (χ4n) is 2.78. The van der Waals surface area contributed by atoms with Gasteiger partial charge < -0.3 is 5.32 Å². The van der Waals surface area contributed by atoms with Crippen LogP contribution in [0.2, 0.25) is 0 Å². The van der Waals surface area contributed by atoms with Crippen LogP contribution in [0.3, 0.4) is 0 Å². The number of carbonyl (C=O) groups is 1. The number of carbonyl (C=O) groups excluding carboxylic acids is 1. The van der Waals surface area contributed by atoms with Gasteiger partial charge in [-0.05, 0) is 48.9 Å². The van der Waals surface area contributed by atoms with E-state index < -0.39 is 0 Å². The zero-order valence-electron chi connectivity index (χ0n) is 15.1. The Labute approximate surface area is 170 Å². The number of benzene rings is 1. The number of rotatable bonds is 5. The third-order valence-corrected chi connectivity index (χ3v) is 4.80. The molecule has 0 aliphatic heterocycles. The van der Waals surface area contributed by atoms with Gasteiger partial charge in [0.25, 0.3) is 5.91 Å². The van der Waals surface area contributed by atoms with Crippen LogP contribution in [-0.4, -0.2) is 30.2 Å². The van der Waals surface area contributed by atoms with E-state index in [1.807, 2.05) is 54.1 Å². The zero-order chi connectivity index (χ0) is 19.5. The van der Waals surface area contributed by atoms with E-state index in [4.69, 9.17) is 0 Å². The van der Waals surface area contributed by atoms with Crippen molar-refractivity contribution >= 4 is 21.8 Å². The van der Waals surface area contributed by atoms with Gasteiger partial charge in [-0.1, -0.05) is 15.9 Å². The maximum absolute atomic E-state index is 12.5. The molecule has 1 aromatic carbocycles. The highest BCUT2D eigenvalue weighted by Gasteiger charge is 2.10. The summed E-state index contributed by atoms with van der Waals surface area (Å²) in [7, 11) is 0. The van der Waals surface area contributed by atoms with Gasteiger partial charge in [0.1, 0.15) is 11.6 Å². The maximum Gasteiger partial charge on any atom is 0.254 e. The average molecular weight is 437 g/mol. The summed E-state index contributed by atoms with van der Waals surface area (Å²) < 4.78 is 4.56. The smallest absolute Gasteiger partial charge is 0.254 e. The molecule has 0 bridgehead atoms. The van der Waals surface area contributed by atoms with E-state index in [0.29, 0.717) is 12.1 Å². The van der Waals surface area contributed by atoms with E-state index >= 15 is 0 Å². The Morgan fingerprint density at radius 3 is 2.71 bits per heavy atom. The maximum atomic E-state index is 12.5. The predicted molar refractivity (Wildman–Crippen MR) is 109 cm³/mol. The van der Waals surface area contributed by atoms with Crippen LogP contribution in [0.15, 0.2) is 71.9 Å². The molecule has 0 unspecified atom stereocenters. The number of pyridine rings is 1. The second-order valence-electron chi connectivity index (χ2n) is 6.20. The largest absolute Gasteiger partial charge is 0.348 e. The van der Waals surface area contributed by atoms with Gasteiger partial charge >= 0.3 is 0 Å². The molecule has 3 heterocycles. The third kappa shape index (κ3) is 3.86. The second kappa shape index (κ2) is 7.77. The van der Waals surface area contributed by atoms with Crippen molar-refractivity contribution in [1.82, 2.24) is 29.6 Å². The molecule has 4 rings (SSSR count). The molecule has 0 saturated heterocycles. The number of halogens is 1. The molecule has 4 aromatic rings. The van der Waals surface area contributed by atoms with Crippen molar-refractivity contribution in [3.63, 3.8) is 0 Å². The van der Waals surface area contributed by atoms with Crippen LogP contribution in [0.1, 0.15) is 21.7 Å². The Bertz CT molecular complexity index is 1120. The molecular formula is C20H17BrN6O. The van der Waals surface area contributed by atoms with Crippen molar-refractivity contribution in [3.8, 4) is 11.5 Å². The van der Waals surface area contributed by atoms with Crippen molar-refractivity contribution in [3.05, 3.63) is 88.8 Å². The molecular weight excluding hydrogens is 420 g/mol. The first-order valence-electron chi connectivity index (χ1n) is 8.64. The zero-order valence-corrected chi connectivity index (χ0v) is 16.7. The van der Waals surface area contributed by atoms with Gasteiger partial charge in [-0.2, -0.15) is 5.10 Å². The summed E-state index contributed by atoms with van der Waals surface area (Å²) in [5.74, 6) is 1.44. The molecule has 0 atom stereocenters. The lowest BCUT2D eigenvalue weighted by atomic mass is 10.2. The summed E-state index contributed by atoms with van der Waals surface area (Å²) in [6.07, 6.45) is 8.59. The molecule has 0 spiro atoms. The molecule has 1 N–H and O–H groups in total. The van der Waals surface area contributed by atoms with Gasteiger partial charge in [-0.3, -0.25) is 9.36 Å². The number of aromatic nitrogens is 5. The lowest BCUT2D eigenvalue weighted by Gasteiger charge is -2.07. The SMILES string of the molecule is Cc1nccn1-c1cc(CNC(=O)c2cnn(-c3ccc(Br)cc3)c2)ccn1. The molecule has 0 saturated carbocycles. The number of hydrogen-bond donors (Lipinski definition) is 1. The fraction of sp³-hybridized carbons (Fsp3) is 0.100. The molecule has 0 fully saturated rings. The quantitative estimate of drug-likeness (QED) is 0.519. The van der Waals surface area contributed by atoms with Gasteiger partial charge in [0.2, 0.25) is 0 Å². The van der Waals surface area contributed by atoms with Gasteiger partial charge in [0, 0.05) is 35.8 Å². The summed E-state index contributed by atoms with van der Waals surface area (Å²) in [5, 5.41) is 7.19. The van der Waals surface area contributed by atoms with Gasteiger partial charge in [-0.25, -0.2) is 14.6 Å². The standard InChI is InChI=1S/C20H17BrN6O/c1-14-22-8-9-26(14)19-10-15(6-7-23-19)11-24-20(28)16-12-25-27(13-16)18-4-2-17(21)3-5-18/h2-10,12-13H,11H2,1H3,(H,24,28). The molecule has 1 amide bonds. The summed E-state index contributed by atoms with van der Waals surface area (Å²) in [6.45, 7) is 2.31. The van der Waals surface area contributed by atoms with Crippen LogP contribution in [-0.2, 0) is 6.54 Å². The minimum absolute atomic E-state index is 0.180. The molecule has 28 heavy (non-hydrogen) atoms. The van der Waals surface area contributed by atoms with Crippen LogP contribution >= 0.6 is 15.9 Å². The number of amides is 1. The first-order chi connectivity index (χ1) is 13.6. The van der Waals surface area contributed by atoms with Crippen LogP contribution in [0, 0.1) is 6.92 Å². The Hall–Kier alpha value is -3.26. The number of hydrogen-bond acceptors (Lipinski definition) is 4. The fourth-order valence-corrected chi connectivity index (χ4v) is 3.05.